The van der Waals surface area contributed by atoms with Crippen molar-refractivity contribution < 1.29 is 23.0 Å². The average Bonchev–Trinajstić information content (AvgIpc) is 2.59. The largest absolute Gasteiger partial charge is 0.586 e. The van der Waals surface area contributed by atoms with Gasteiger partial charge in [0, 0.05) is 24.4 Å². The summed E-state index contributed by atoms with van der Waals surface area (Å²) in [5.41, 5.74) is 0.750. The quantitative estimate of drug-likeness (QED) is 0.913. The molecular weight excluding hydrogens is 256 g/mol. The van der Waals surface area contributed by atoms with Gasteiger partial charge in [0.05, 0.1) is 6.10 Å². The van der Waals surface area contributed by atoms with Gasteiger partial charge in [-0.2, -0.15) is 0 Å². The predicted octanol–water partition coefficient (Wildman–Crippen LogP) is 2.99. The second kappa shape index (κ2) is 4.52. The molecule has 1 N–H and O–H groups in total. The maximum Gasteiger partial charge on any atom is 0.586 e. The zero-order valence-electron chi connectivity index (χ0n) is 10.5. The maximum absolute atomic E-state index is 12.9. The van der Waals surface area contributed by atoms with Gasteiger partial charge in [0.25, 0.3) is 0 Å². The first kappa shape index (κ1) is 12.5. The van der Waals surface area contributed by atoms with Crippen LogP contribution in [0.4, 0.5) is 14.5 Å². The third-order valence-electron chi connectivity index (χ3n) is 3.27. The molecule has 0 amide bonds. The second-order valence-electron chi connectivity index (χ2n) is 4.72. The molecule has 104 valence electrons. The Kier molecular flexibility index (Phi) is 2.97. The number of ether oxygens (including phenoxy) is 3. The average molecular weight is 271 g/mol. The summed E-state index contributed by atoms with van der Waals surface area (Å²) in [4.78, 5) is 0. The van der Waals surface area contributed by atoms with Crippen molar-refractivity contribution in [2.45, 2.75) is 38.2 Å². The Balaban J connectivity index is 1.59. The maximum atomic E-state index is 12.9. The predicted molar refractivity (Wildman–Crippen MR) is 64.7 cm³/mol. The summed E-state index contributed by atoms with van der Waals surface area (Å²) < 4.78 is 39.9. The van der Waals surface area contributed by atoms with E-state index in [9.17, 15) is 8.78 Å². The highest BCUT2D eigenvalue weighted by molar-refractivity contribution is 5.56. The van der Waals surface area contributed by atoms with Crippen molar-refractivity contribution >= 4 is 5.69 Å². The van der Waals surface area contributed by atoms with Crippen LogP contribution in [0.25, 0.3) is 0 Å². The van der Waals surface area contributed by atoms with Crippen molar-refractivity contribution in [3.05, 3.63) is 18.2 Å². The number of hydrogen-bond acceptors (Lipinski definition) is 4. The number of benzene rings is 1. The van der Waals surface area contributed by atoms with Crippen LogP contribution in [0, 0.1) is 0 Å². The molecule has 1 aliphatic heterocycles. The highest BCUT2D eigenvalue weighted by Crippen LogP contribution is 2.42. The van der Waals surface area contributed by atoms with E-state index in [0.717, 1.165) is 25.1 Å². The first-order chi connectivity index (χ1) is 9.05. The fourth-order valence-electron chi connectivity index (χ4n) is 2.33. The second-order valence-corrected chi connectivity index (χ2v) is 4.72. The van der Waals surface area contributed by atoms with Crippen LogP contribution in [0.1, 0.15) is 19.8 Å². The lowest BCUT2D eigenvalue weighted by Crippen LogP contribution is -2.40. The molecular formula is C13H15F2NO3. The van der Waals surface area contributed by atoms with Gasteiger partial charge in [-0.05, 0) is 31.9 Å². The zero-order valence-corrected chi connectivity index (χ0v) is 10.5. The smallest absolute Gasteiger partial charge is 0.395 e. The van der Waals surface area contributed by atoms with Gasteiger partial charge in [0.15, 0.2) is 11.5 Å². The molecule has 1 aliphatic carbocycles. The molecule has 3 rings (SSSR count). The van der Waals surface area contributed by atoms with Crippen LogP contribution >= 0.6 is 0 Å². The lowest BCUT2D eigenvalue weighted by Gasteiger charge is -2.36. The fourth-order valence-corrected chi connectivity index (χ4v) is 2.33. The molecule has 1 fully saturated rings. The Labute approximate surface area is 109 Å². The van der Waals surface area contributed by atoms with Crippen LogP contribution in [-0.2, 0) is 4.74 Å². The lowest BCUT2D eigenvalue weighted by molar-refractivity contribution is -0.286. The molecule has 0 atom stereocenters. The molecule has 1 aromatic rings. The van der Waals surface area contributed by atoms with Gasteiger partial charge in [-0.25, -0.2) is 0 Å². The number of anilines is 1. The van der Waals surface area contributed by atoms with Crippen LogP contribution in [0.2, 0.25) is 0 Å². The van der Waals surface area contributed by atoms with Crippen LogP contribution in [0.5, 0.6) is 11.5 Å². The van der Waals surface area contributed by atoms with Gasteiger partial charge >= 0.3 is 6.29 Å². The zero-order chi connectivity index (χ0) is 13.5. The molecule has 6 heteroatoms. The molecule has 1 aromatic carbocycles. The van der Waals surface area contributed by atoms with E-state index in [1.165, 1.54) is 12.1 Å². The Hall–Kier alpha value is -1.56. The molecule has 0 saturated heterocycles. The van der Waals surface area contributed by atoms with Gasteiger partial charge < -0.3 is 19.5 Å². The van der Waals surface area contributed by atoms with Crippen LogP contribution in [-0.4, -0.2) is 25.0 Å². The number of alkyl halides is 2. The summed E-state index contributed by atoms with van der Waals surface area (Å²) in [7, 11) is 0. The molecule has 0 unspecified atom stereocenters. The Morgan fingerprint density at radius 3 is 2.79 bits per heavy atom. The minimum atomic E-state index is -3.56. The van der Waals surface area contributed by atoms with Gasteiger partial charge in [0.1, 0.15) is 0 Å². The number of nitrogens with one attached hydrogen (secondary N) is 1. The Bertz CT molecular complexity index is 475. The summed E-state index contributed by atoms with van der Waals surface area (Å²) in [6.45, 7) is 2.69. The Morgan fingerprint density at radius 1 is 1.32 bits per heavy atom. The van der Waals surface area contributed by atoms with Gasteiger partial charge in [-0.3, -0.25) is 0 Å². The molecule has 0 bridgehead atoms. The fraction of sp³-hybridized carbons (Fsp3) is 0.538. The van der Waals surface area contributed by atoms with Gasteiger partial charge in [0.2, 0.25) is 0 Å². The van der Waals surface area contributed by atoms with Crippen molar-refractivity contribution in [2.75, 3.05) is 11.9 Å². The summed E-state index contributed by atoms with van der Waals surface area (Å²) in [5.74, 6) is 0.132. The standard InChI is InChI=1S/C13H15F2NO3/c1-2-17-10-5-9(6-10)16-8-3-4-11-12(7-8)19-13(14,15)18-11/h3-4,7,9-10,16H,2,5-6H2,1H3. The van der Waals surface area contributed by atoms with Gasteiger partial charge in [-0.1, -0.05) is 0 Å². The molecule has 2 aliphatic rings. The monoisotopic (exact) mass is 271 g/mol. The van der Waals surface area contributed by atoms with E-state index in [2.05, 4.69) is 14.8 Å². The molecule has 0 radical (unpaired) electrons. The number of hydrogen-bond donors (Lipinski definition) is 1. The van der Waals surface area contributed by atoms with E-state index in [1.807, 2.05) is 6.92 Å². The minimum absolute atomic E-state index is 0.0654. The molecule has 1 heterocycles. The molecule has 1 saturated carbocycles. The van der Waals surface area contributed by atoms with Crippen molar-refractivity contribution in [1.29, 1.82) is 0 Å². The number of halogens is 2. The third kappa shape index (κ3) is 2.58. The summed E-state index contributed by atoms with van der Waals surface area (Å²) in [5, 5.41) is 3.26. The van der Waals surface area contributed by atoms with Crippen molar-refractivity contribution in [2.24, 2.45) is 0 Å². The summed E-state index contributed by atoms with van der Waals surface area (Å²) in [6.07, 6.45) is -1.39. The molecule has 0 aromatic heterocycles. The van der Waals surface area contributed by atoms with Crippen molar-refractivity contribution in [3.8, 4) is 11.5 Å². The SMILES string of the molecule is CCOC1CC(Nc2ccc3c(c2)OC(F)(F)O3)C1. The first-order valence-electron chi connectivity index (χ1n) is 6.34. The first-order valence-corrected chi connectivity index (χ1v) is 6.34. The van der Waals surface area contributed by atoms with Crippen LogP contribution in [0.15, 0.2) is 18.2 Å². The van der Waals surface area contributed by atoms with Gasteiger partial charge in [-0.15, -0.1) is 8.78 Å². The number of rotatable bonds is 4. The Morgan fingerprint density at radius 2 is 2.05 bits per heavy atom. The third-order valence-corrected chi connectivity index (χ3v) is 3.27. The summed E-state index contributed by atoms with van der Waals surface area (Å²) in [6, 6.07) is 5.04. The molecule has 19 heavy (non-hydrogen) atoms. The number of fused-ring (bicyclic) bond motifs is 1. The lowest BCUT2D eigenvalue weighted by atomic mass is 9.89. The minimum Gasteiger partial charge on any atom is -0.395 e. The van der Waals surface area contributed by atoms with E-state index >= 15 is 0 Å². The van der Waals surface area contributed by atoms with E-state index in [0.29, 0.717) is 12.1 Å². The van der Waals surface area contributed by atoms with Crippen molar-refractivity contribution in [1.82, 2.24) is 0 Å². The van der Waals surface area contributed by atoms with E-state index in [-0.39, 0.29) is 11.5 Å². The normalized spacial score (nSPS) is 26.9. The molecule has 0 spiro atoms. The highest BCUT2D eigenvalue weighted by atomic mass is 19.3. The molecule has 4 nitrogen and oxygen atoms in total. The highest BCUT2D eigenvalue weighted by Gasteiger charge is 2.43. The van der Waals surface area contributed by atoms with E-state index < -0.39 is 6.29 Å². The van der Waals surface area contributed by atoms with E-state index in [1.54, 1.807) is 6.07 Å². The topological polar surface area (TPSA) is 39.7 Å². The van der Waals surface area contributed by atoms with E-state index in [4.69, 9.17) is 4.74 Å². The summed E-state index contributed by atoms with van der Waals surface area (Å²) >= 11 is 0. The van der Waals surface area contributed by atoms with Crippen LogP contribution < -0.4 is 14.8 Å². The van der Waals surface area contributed by atoms with Crippen molar-refractivity contribution in [3.63, 3.8) is 0 Å². The van der Waals surface area contributed by atoms with Crippen LogP contribution in [0.3, 0.4) is 0 Å².